The first-order chi connectivity index (χ1) is 14.9. The molecule has 2 aromatic rings. The number of benzene rings is 2. The Balaban J connectivity index is 2.04. The summed E-state index contributed by atoms with van der Waals surface area (Å²) in [6.07, 6.45) is -0.770. The summed E-state index contributed by atoms with van der Waals surface area (Å²) in [6, 6.07) is 8.41. The molecule has 3 rings (SSSR count). The van der Waals surface area contributed by atoms with Gasteiger partial charge in [-0.05, 0) is 48.9 Å². The maximum Gasteiger partial charge on any atom is 0.411 e. The van der Waals surface area contributed by atoms with E-state index in [1.165, 1.54) is 12.5 Å². The van der Waals surface area contributed by atoms with Crippen LogP contribution in [0.2, 0.25) is 0 Å². The molecule has 0 aromatic heterocycles. The minimum Gasteiger partial charge on any atom is -0.491 e. The number of hydrogen-bond donors (Lipinski definition) is 1. The Morgan fingerprint density at radius 3 is 2.31 bits per heavy atom. The quantitative estimate of drug-likeness (QED) is 0.353. The molecule has 1 atom stereocenters. The monoisotopic (exact) mass is 497 g/mol. The van der Waals surface area contributed by atoms with Crippen molar-refractivity contribution in [3.63, 3.8) is 0 Å². The summed E-state index contributed by atoms with van der Waals surface area (Å²) in [4.78, 5) is 24.9. The number of Topliss-reactive ketones (excluding diaryl/α,β-unsaturated/α-hetero) is 1. The second-order valence-corrected chi connectivity index (χ2v) is 10.8. The van der Waals surface area contributed by atoms with Crippen LogP contribution in [0.3, 0.4) is 0 Å². The van der Waals surface area contributed by atoms with Crippen molar-refractivity contribution in [1.29, 1.82) is 0 Å². The third-order valence-electron chi connectivity index (χ3n) is 5.70. The lowest BCUT2D eigenvalue weighted by molar-refractivity contribution is 0.101. The van der Waals surface area contributed by atoms with E-state index in [2.05, 4.69) is 43.4 Å². The number of hydrogen-bond acceptors (Lipinski definition) is 4. The first-order valence-electron chi connectivity index (χ1n) is 10.3. The Hall–Kier alpha value is -1.95. The number of halogens is 3. The fourth-order valence-corrected chi connectivity index (χ4v) is 4.27. The van der Waals surface area contributed by atoms with Gasteiger partial charge in [0, 0.05) is 11.5 Å². The van der Waals surface area contributed by atoms with Gasteiger partial charge in [-0.3, -0.25) is 10.1 Å². The molecule has 0 spiro atoms. The van der Waals surface area contributed by atoms with Crippen LogP contribution in [0.15, 0.2) is 24.3 Å². The van der Waals surface area contributed by atoms with Crippen LogP contribution in [0, 0.1) is 13.8 Å². The number of ether oxygens (including phenoxy) is 2. The summed E-state index contributed by atoms with van der Waals surface area (Å²) >= 11 is 17.0. The lowest BCUT2D eigenvalue weighted by Crippen LogP contribution is -2.22. The third kappa shape index (κ3) is 5.16. The molecule has 0 fully saturated rings. The molecule has 32 heavy (non-hydrogen) atoms. The van der Waals surface area contributed by atoms with Crippen LogP contribution in [0.25, 0.3) is 0 Å². The van der Waals surface area contributed by atoms with E-state index in [9.17, 15) is 9.59 Å². The van der Waals surface area contributed by atoms with Gasteiger partial charge in [0.2, 0.25) is 3.79 Å². The summed E-state index contributed by atoms with van der Waals surface area (Å²) in [5, 5.41) is 2.73. The number of fused-ring (bicyclic) bond motifs is 1. The van der Waals surface area contributed by atoms with Gasteiger partial charge in [0.1, 0.15) is 12.4 Å². The van der Waals surface area contributed by atoms with Gasteiger partial charge in [-0.2, -0.15) is 0 Å². The SMILES string of the molecule is CC(=O)c1c(C)c(NC(=O)OCC(Cl)(Cl)Cl)c(C)c2c1OCC2c1ccc(C(C)C)cc1. The van der Waals surface area contributed by atoms with E-state index in [0.717, 1.165) is 16.7 Å². The molecule has 0 saturated heterocycles. The Kier molecular flexibility index (Phi) is 7.33. The van der Waals surface area contributed by atoms with Crippen molar-refractivity contribution in [2.75, 3.05) is 18.5 Å². The van der Waals surface area contributed by atoms with Gasteiger partial charge in [0.15, 0.2) is 5.78 Å². The number of nitrogens with one attached hydrogen (secondary N) is 1. The molecular formula is C24H26Cl3NO4. The number of amides is 1. The number of alkyl halides is 3. The minimum absolute atomic E-state index is 0.0670. The highest BCUT2D eigenvalue weighted by atomic mass is 35.6. The van der Waals surface area contributed by atoms with Crippen LogP contribution >= 0.6 is 34.8 Å². The first-order valence-corrected chi connectivity index (χ1v) is 11.4. The van der Waals surface area contributed by atoms with Gasteiger partial charge in [-0.25, -0.2) is 4.79 Å². The predicted octanol–water partition coefficient (Wildman–Crippen LogP) is 7.07. The molecule has 1 amide bonds. The Morgan fingerprint density at radius 1 is 1.16 bits per heavy atom. The van der Waals surface area contributed by atoms with Crippen molar-refractivity contribution >= 4 is 52.4 Å². The number of anilines is 1. The van der Waals surface area contributed by atoms with Gasteiger partial charge < -0.3 is 9.47 Å². The Labute approximate surface area is 203 Å². The van der Waals surface area contributed by atoms with Crippen molar-refractivity contribution in [3.8, 4) is 5.75 Å². The summed E-state index contributed by atoms with van der Waals surface area (Å²) in [5.41, 5.74) is 5.58. The van der Waals surface area contributed by atoms with Gasteiger partial charge in [0.05, 0.1) is 17.9 Å². The topological polar surface area (TPSA) is 64.6 Å². The van der Waals surface area contributed by atoms with Crippen molar-refractivity contribution in [2.45, 2.75) is 50.2 Å². The average Bonchev–Trinajstić information content (AvgIpc) is 3.13. The molecule has 0 saturated carbocycles. The standard InChI is InChI=1S/C24H26Cl3NO4/c1-12(2)16-6-8-17(9-7-16)18-10-31-22-19(15(5)29)13(3)21(14(4)20(18)22)28-23(30)32-11-24(25,26)27/h6-9,12,18H,10-11H2,1-5H3,(H,28,30). The number of carbonyl (C=O) groups excluding carboxylic acids is 2. The molecule has 8 heteroatoms. The van der Waals surface area contributed by atoms with Crippen molar-refractivity contribution in [3.05, 3.63) is 57.6 Å². The van der Waals surface area contributed by atoms with Crippen molar-refractivity contribution in [2.24, 2.45) is 0 Å². The zero-order valence-electron chi connectivity index (χ0n) is 18.6. The van der Waals surface area contributed by atoms with E-state index in [-0.39, 0.29) is 11.7 Å². The smallest absolute Gasteiger partial charge is 0.411 e. The maximum absolute atomic E-state index is 12.5. The van der Waals surface area contributed by atoms with E-state index in [1.807, 2.05) is 6.92 Å². The number of carbonyl (C=O) groups is 2. The first kappa shape index (κ1) is 24.7. The molecule has 5 nitrogen and oxygen atoms in total. The summed E-state index contributed by atoms with van der Waals surface area (Å²) in [6.45, 7) is 9.45. The molecule has 1 aliphatic rings. The molecule has 0 bridgehead atoms. The Bertz CT molecular complexity index is 1040. The van der Waals surface area contributed by atoms with Crippen molar-refractivity contribution in [1.82, 2.24) is 0 Å². The summed E-state index contributed by atoms with van der Waals surface area (Å²) in [5.74, 6) is 0.792. The average molecular weight is 499 g/mol. The lowest BCUT2D eigenvalue weighted by Gasteiger charge is -2.21. The number of rotatable bonds is 5. The lowest BCUT2D eigenvalue weighted by atomic mass is 9.85. The normalized spacial score (nSPS) is 15.3. The van der Waals surface area contributed by atoms with Gasteiger partial charge in [0.25, 0.3) is 0 Å². The summed E-state index contributed by atoms with van der Waals surface area (Å²) in [7, 11) is 0. The van der Waals surface area contributed by atoms with Gasteiger partial charge in [-0.1, -0.05) is 72.9 Å². The molecule has 1 aliphatic heterocycles. The molecule has 1 unspecified atom stereocenters. The van der Waals surface area contributed by atoms with Crippen LogP contribution < -0.4 is 10.1 Å². The largest absolute Gasteiger partial charge is 0.491 e. The molecule has 0 aliphatic carbocycles. The van der Waals surface area contributed by atoms with Crippen LogP contribution in [0.4, 0.5) is 10.5 Å². The van der Waals surface area contributed by atoms with E-state index < -0.39 is 16.5 Å². The second kappa shape index (κ2) is 9.50. The van der Waals surface area contributed by atoms with Crippen LogP contribution in [0.1, 0.15) is 70.8 Å². The van der Waals surface area contributed by atoms with E-state index in [4.69, 9.17) is 44.3 Å². The van der Waals surface area contributed by atoms with E-state index in [1.54, 1.807) is 6.92 Å². The molecule has 1 heterocycles. The number of ketones is 1. The predicted molar refractivity (Wildman–Crippen MR) is 129 cm³/mol. The molecular weight excluding hydrogens is 473 g/mol. The summed E-state index contributed by atoms with van der Waals surface area (Å²) < 4.78 is 9.34. The highest BCUT2D eigenvalue weighted by Gasteiger charge is 2.34. The van der Waals surface area contributed by atoms with Crippen LogP contribution in [0.5, 0.6) is 5.75 Å². The van der Waals surface area contributed by atoms with Gasteiger partial charge in [-0.15, -0.1) is 0 Å². The van der Waals surface area contributed by atoms with E-state index >= 15 is 0 Å². The highest BCUT2D eigenvalue weighted by molar-refractivity contribution is 6.67. The fraction of sp³-hybridized carbons (Fsp3) is 0.417. The third-order valence-corrected chi connectivity index (χ3v) is 6.02. The molecule has 172 valence electrons. The van der Waals surface area contributed by atoms with Crippen molar-refractivity contribution < 1.29 is 19.1 Å². The second-order valence-electron chi connectivity index (χ2n) is 8.30. The fourth-order valence-electron chi connectivity index (χ4n) is 4.11. The zero-order chi connectivity index (χ0) is 23.8. The molecule has 1 N–H and O–H groups in total. The molecule has 2 aromatic carbocycles. The van der Waals surface area contributed by atoms with Crippen LogP contribution in [-0.4, -0.2) is 28.9 Å². The highest BCUT2D eigenvalue weighted by Crippen LogP contribution is 2.47. The molecule has 0 radical (unpaired) electrons. The maximum atomic E-state index is 12.5. The van der Waals surface area contributed by atoms with E-state index in [0.29, 0.717) is 35.1 Å². The van der Waals surface area contributed by atoms with Crippen LogP contribution in [-0.2, 0) is 4.74 Å². The zero-order valence-corrected chi connectivity index (χ0v) is 20.9. The van der Waals surface area contributed by atoms with Gasteiger partial charge >= 0.3 is 6.09 Å². The minimum atomic E-state index is -1.72. The Morgan fingerprint density at radius 2 is 1.78 bits per heavy atom.